The number of aliphatic imine (C=N–C) groups is 1. The molecule has 1 aliphatic rings. The Bertz CT molecular complexity index is 788. The van der Waals surface area contributed by atoms with Gasteiger partial charge < -0.3 is 15.5 Å². The second kappa shape index (κ2) is 11.9. The molecule has 5 nitrogen and oxygen atoms in total. The number of anilines is 1. The summed E-state index contributed by atoms with van der Waals surface area (Å²) in [5.41, 5.74) is 3.22. The number of pyridine rings is 1. The van der Waals surface area contributed by atoms with Crippen molar-refractivity contribution in [2.75, 3.05) is 31.1 Å². The average Bonchev–Trinajstić information content (AvgIpc) is 3.23. The van der Waals surface area contributed by atoms with Gasteiger partial charge >= 0.3 is 0 Å². The van der Waals surface area contributed by atoms with Gasteiger partial charge in [0.05, 0.1) is 6.54 Å². The van der Waals surface area contributed by atoms with Crippen LogP contribution in [0.5, 0.6) is 0 Å². The molecule has 0 unspecified atom stereocenters. The van der Waals surface area contributed by atoms with Gasteiger partial charge in [0.25, 0.3) is 0 Å². The molecule has 7 heteroatoms. The molecule has 2 N–H and O–H groups in total. The first-order valence-corrected chi connectivity index (χ1v) is 10.1. The molecule has 0 bridgehead atoms. The lowest BCUT2D eigenvalue weighted by molar-refractivity contribution is 0.625. The third-order valence-corrected chi connectivity index (χ3v) is 4.99. The van der Waals surface area contributed by atoms with Crippen LogP contribution in [0.15, 0.2) is 41.5 Å². The molecular weight excluding hydrogens is 480 g/mol. The number of benzene rings is 1. The predicted octanol–water partition coefficient (Wildman–Crippen LogP) is 4.05. The van der Waals surface area contributed by atoms with E-state index in [1.807, 2.05) is 26.1 Å². The number of aryl methyl sites for hydroxylation is 1. The molecule has 2 heterocycles. The molecule has 0 amide bonds. The zero-order valence-corrected chi connectivity index (χ0v) is 19.6. The Labute approximate surface area is 190 Å². The Morgan fingerprint density at radius 1 is 1.17 bits per heavy atom. The fourth-order valence-electron chi connectivity index (χ4n) is 3.41. The van der Waals surface area contributed by atoms with Gasteiger partial charge in [-0.05, 0) is 68.0 Å². The van der Waals surface area contributed by atoms with Gasteiger partial charge in [-0.3, -0.25) is 0 Å². The van der Waals surface area contributed by atoms with E-state index in [1.54, 1.807) is 6.07 Å². The van der Waals surface area contributed by atoms with Crippen molar-refractivity contribution < 1.29 is 4.39 Å². The van der Waals surface area contributed by atoms with Crippen molar-refractivity contribution in [2.24, 2.45) is 4.99 Å². The van der Waals surface area contributed by atoms with Crippen molar-refractivity contribution in [3.63, 3.8) is 0 Å². The van der Waals surface area contributed by atoms with Crippen molar-refractivity contribution in [2.45, 2.75) is 39.7 Å². The van der Waals surface area contributed by atoms with E-state index in [-0.39, 0.29) is 29.8 Å². The highest BCUT2D eigenvalue weighted by Gasteiger charge is 2.12. The number of rotatable bonds is 7. The number of aromatic nitrogens is 1. The molecule has 29 heavy (non-hydrogen) atoms. The van der Waals surface area contributed by atoms with E-state index in [9.17, 15) is 4.39 Å². The minimum atomic E-state index is -0.187. The van der Waals surface area contributed by atoms with Gasteiger partial charge in [0.15, 0.2) is 5.96 Å². The van der Waals surface area contributed by atoms with Crippen LogP contribution in [0, 0.1) is 12.7 Å². The van der Waals surface area contributed by atoms with E-state index < -0.39 is 0 Å². The van der Waals surface area contributed by atoms with E-state index in [0.29, 0.717) is 6.54 Å². The molecule has 1 aromatic heterocycles. The summed E-state index contributed by atoms with van der Waals surface area (Å²) in [4.78, 5) is 11.6. The fraction of sp³-hybridized carbons (Fsp3) is 0.455. The molecular formula is C22H31FIN5. The minimum Gasteiger partial charge on any atom is -0.357 e. The summed E-state index contributed by atoms with van der Waals surface area (Å²) in [7, 11) is 0. The SMILES string of the molecule is CCNC(=NCc1ccc(N2CCCC2)nc1)NCCc1ccc(F)cc1C.I. The van der Waals surface area contributed by atoms with Crippen LogP contribution in [-0.4, -0.2) is 37.1 Å². The van der Waals surface area contributed by atoms with E-state index in [0.717, 1.165) is 61.1 Å². The molecule has 0 radical (unpaired) electrons. The molecule has 3 rings (SSSR count). The first kappa shape index (κ1) is 23.4. The normalized spacial score (nSPS) is 13.9. The van der Waals surface area contributed by atoms with Crippen LogP contribution in [0.4, 0.5) is 10.2 Å². The van der Waals surface area contributed by atoms with Gasteiger partial charge in [0, 0.05) is 32.4 Å². The highest BCUT2D eigenvalue weighted by Crippen LogP contribution is 2.17. The highest BCUT2D eigenvalue weighted by atomic mass is 127. The van der Waals surface area contributed by atoms with Gasteiger partial charge in [-0.15, -0.1) is 24.0 Å². The number of nitrogens with one attached hydrogen (secondary N) is 2. The summed E-state index contributed by atoms with van der Waals surface area (Å²) in [5.74, 6) is 1.66. The molecule has 1 fully saturated rings. The number of hydrogen-bond donors (Lipinski definition) is 2. The molecule has 1 aromatic carbocycles. The summed E-state index contributed by atoms with van der Waals surface area (Å²) < 4.78 is 13.2. The van der Waals surface area contributed by atoms with E-state index in [1.165, 1.54) is 18.9 Å². The standard InChI is InChI=1S/C22H30FN5.HI/c1-3-24-22(25-11-10-19-7-8-20(23)14-17(19)2)27-16-18-6-9-21(26-15-18)28-12-4-5-13-28;/h6-9,14-15H,3-5,10-13,16H2,1-2H3,(H2,24,25,27);1H. The molecule has 2 aromatic rings. The maximum Gasteiger partial charge on any atom is 0.191 e. The summed E-state index contributed by atoms with van der Waals surface area (Å²) in [6.45, 7) is 8.32. The van der Waals surface area contributed by atoms with Gasteiger partial charge in [0.1, 0.15) is 11.6 Å². The maximum atomic E-state index is 13.2. The minimum absolute atomic E-state index is 0. The molecule has 158 valence electrons. The first-order chi connectivity index (χ1) is 13.7. The quantitative estimate of drug-likeness (QED) is 0.335. The Morgan fingerprint density at radius 3 is 2.62 bits per heavy atom. The second-order valence-electron chi connectivity index (χ2n) is 7.16. The molecule has 0 atom stereocenters. The first-order valence-electron chi connectivity index (χ1n) is 10.1. The molecule has 1 saturated heterocycles. The largest absolute Gasteiger partial charge is 0.357 e. The number of halogens is 2. The Morgan fingerprint density at radius 2 is 1.97 bits per heavy atom. The fourth-order valence-corrected chi connectivity index (χ4v) is 3.41. The van der Waals surface area contributed by atoms with Crippen LogP contribution < -0.4 is 15.5 Å². The molecule has 0 spiro atoms. The van der Waals surface area contributed by atoms with Crippen molar-refractivity contribution in [1.82, 2.24) is 15.6 Å². The topological polar surface area (TPSA) is 52.6 Å². The Balaban J connectivity index is 0.00000300. The van der Waals surface area contributed by atoms with Crippen LogP contribution in [0.2, 0.25) is 0 Å². The lowest BCUT2D eigenvalue weighted by atomic mass is 10.1. The van der Waals surface area contributed by atoms with Crippen molar-refractivity contribution in [3.05, 3.63) is 59.0 Å². The highest BCUT2D eigenvalue weighted by molar-refractivity contribution is 14.0. The van der Waals surface area contributed by atoms with Crippen molar-refractivity contribution in [3.8, 4) is 0 Å². The molecule has 1 aliphatic heterocycles. The van der Waals surface area contributed by atoms with E-state index in [4.69, 9.17) is 0 Å². The monoisotopic (exact) mass is 511 g/mol. The lowest BCUT2D eigenvalue weighted by Crippen LogP contribution is -2.38. The zero-order chi connectivity index (χ0) is 19.8. The van der Waals surface area contributed by atoms with Crippen molar-refractivity contribution in [1.29, 1.82) is 0 Å². The van der Waals surface area contributed by atoms with Crippen LogP contribution in [0.25, 0.3) is 0 Å². The Hall–Kier alpha value is -1.90. The maximum absolute atomic E-state index is 13.2. The lowest BCUT2D eigenvalue weighted by Gasteiger charge is -2.16. The average molecular weight is 511 g/mol. The Kier molecular flexibility index (Phi) is 9.63. The molecule has 0 aliphatic carbocycles. The summed E-state index contributed by atoms with van der Waals surface area (Å²) in [5, 5.41) is 6.62. The van der Waals surface area contributed by atoms with E-state index >= 15 is 0 Å². The van der Waals surface area contributed by atoms with Gasteiger partial charge in [-0.25, -0.2) is 14.4 Å². The smallest absolute Gasteiger partial charge is 0.191 e. The van der Waals surface area contributed by atoms with Gasteiger partial charge in [-0.1, -0.05) is 12.1 Å². The number of nitrogens with zero attached hydrogens (tertiary/aromatic N) is 3. The number of hydrogen-bond acceptors (Lipinski definition) is 3. The van der Waals surface area contributed by atoms with Gasteiger partial charge in [0.2, 0.25) is 0 Å². The second-order valence-corrected chi connectivity index (χ2v) is 7.16. The third kappa shape index (κ3) is 7.13. The van der Waals surface area contributed by atoms with Crippen LogP contribution in [0.3, 0.4) is 0 Å². The van der Waals surface area contributed by atoms with Gasteiger partial charge in [-0.2, -0.15) is 0 Å². The summed E-state index contributed by atoms with van der Waals surface area (Å²) >= 11 is 0. The van der Waals surface area contributed by atoms with Crippen LogP contribution in [-0.2, 0) is 13.0 Å². The van der Waals surface area contributed by atoms with Crippen LogP contribution >= 0.6 is 24.0 Å². The molecule has 0 saturated carbocycles. The summed E-state index contributed by atoms with van der Waals surface area (Å²) in [6, 6.07) is 9.14. The number of guanidine groups is 1. The van der Waals surface area contributed by atoms with E-state index in [2.05, 4.69) is 37.6 Å². The third-order valence-electron chi connectivity index (χ3n) is 4.99. The van der Waals surface area contributed by atoms with Crippen LogP contribution in [0.1, 0.15) is 36.5 Å². The van der Waals surface area contributed by atoms with Crippen molar-refractivity contribution >= 4 is 35.8 Å². The zero-order valence-electron chi connectivity index (χ0n) is 17.2. The predicted molar refractivity (Wildman–Crippen MR) is 129 cm³/mol. The summed E-state index contributed by atoms with van der Waals surface area (Å²) in [6.07, 6.45) is 5.25.